The van der Waals surface area contributed by atoms with Crippen LogP contribution in [-0.4, -0.2) is 66.7 Å². The van der Waals surface area contributed by atoms with Crippen LogP contribution in [0.4, 0.5) is 5.82 Å². The highest BCUT2D eigenvalue weighted by Gasteiger charge is 2.24. The van der Waals surface area contributed by atoms with Gasteiger partial charge in [0, 0.05) is 44.0 Å². The fourth-order valence-corrected chi connectivity index (χ4v) is 3.84. The maximum atomic E-state index is 4.52. The van der Waals surface area contributed by atoms with Crippen molar-refractivity contribution < 1.29 is 0 Å². The van der Waals surface area contributed by atoms with E-state index >= 15 is 0 Å². The monoisotopic (exact) mass is 375 g/mol. The van der Waals surface area contributed by atoms with Gasteiger partial charge in [-0.1, -0.05) is 24.3 Å². The van der Waals surface area contributed by atoms with E-state index in [4.69, 9.17) is 0 Å². The van der Waals surface area contributed by atoms with E-state index in [1.807, 2.05) is 12.3 Å². The van der Waals surface area contributed by atoms with Crippen molar-refractivity contribution in [1.82, 2.24) is 40.5 Å². The Morgan fingerprint density at radius 1 is 1.00 bits per heavy atom. The molecular weight excluding hydrogens is 354 g/mol. The Balaban J connectivity index is 1.27. The fraction of sp³-hybridized carbons (Fsp3) is 0.316. The number of tetrazole rings is 1. The SMILES string of the molecule is CC(c1ccc(-c2nn[nH]n2)cc1)N1CCN(c2ncnc3[nH]ccc23)CC1. The molecule has 1 fully saturated rings. The topological polar surface area (TPSA) is 103 Å². The molecule has 1 atom stereocenters. The highest BCUT2D eigenvalue weighted by Crippen LogP contribution is 2.27. The molecule has 4 aromatic rings. The number of anilines is 1. The lowest BCUT2D eigenvalue weighted by molar-refractivity contribution is 0.198. The average Bonchev–Trinajstić information content (AvgIpc) is 3.45. The number of nitrogens with one attached hydrogen (secondary N) is 2. The Bertz CT molecular complexity index is 1050. The predicted octanol–water partition coefficient (Wildman–Crippen LogP) is 2.02. The van der Waals surface area contributed by atoms with Gasteiger partial charge >= 0.3 is 0 Å². The molecule has 1 aromatic carbocycles. The molecule has 9 heteroatoms. The van der Waals surface area contributed by atoms with Gasteiger partial charge in [0.05, 0.1) is 5.39 Å². The number of aromatic amines is 2. The lowest BCUT2D eigenvalue weighted by Crippen LogP contribution is -2.47. The Morgan fingerprint density at radius 2 is 1.82 bits per heavy atom. The molecule has 0 bridgehead atoms. The van der Waals surface area contributed by atoms with E-state index in [2.05, 4.69) is 76.6 Å². The zero-order valence-electron chi connectivity index (χ0n) is 15.6. The molecule has 0 aliphatic carbocycles. The minimum absolute atomic E-state index is 0.346. The van der Waals surface area contributed by atoms with Gasteiger partial charge in [0.1, 0.15) is 17.8 Å². The maximum Gasteiger partial charge on any atom is 0.204 e. The van der Waals surface area contributed by atoms with E-state index in [0.29, 0.717) is 11.9 Å². The maximum absolute atomic E-state index is 4.52. The molecule has 1 aliphatic heterocycles. The summed E-state index contributed by atoms with van der Waals surface area (Å²) in [6, 6.07) is 10.8. The summed E-state index contributed by atoms with van der Waals surface area (Å²) in [4.78, 5) is 16.8. The Morgan fingerprint density at radius 3 is 2.57 bits per heavy atom. The molecule has 0 saturated carbocycles. The van der Waals surface area contributed by atoms with Crippen molar-refractivity contribution in [2.45, 2.75) is 13.0 Å². The Hall–Kier alpha value is -3.33. The predicted molar refractivity (Wildman–Crippen MR) is 106 cm³/mol. The van der Waals surface area contributed by atoms with Crippen LogP contribution in [0.3, 0.4) is 0 Å². The summed E-state index contributed by atoms with van der Waals surface area (Å²) >= 11 is 0. The van der Waals surface area contributed by atoms with Gasteiger partial charge in [-0.15, -0.1) is 10.2 Å². The van der Waals surface area contributed by atoms with Gasteiger partial charge in [-0.25, -0.2) is 9.97 Å². The van der Waals surface area contributed by atoms with Crippen LogP contribution < -0.4 is 4.90 Å². The second-order valence-electron chi connectivity index (χ2n) is 6.99. The van der Waals surface area contributed by atoms with Crippen molar-refractivity contribution in [2.75, 3.05) is 31.1 Å². The van der Waals surface area contributed by atoms with Crippen molar-refractivity contribution in [1.29, 1.82) is 0 Å². The fourth-order valence-electron chi connectivity index (χ4n) is 3.84. The number of hydrogen-bond donors (Lipinski definition) is 2. The molecule has 5 rings (SSSR count). The van der Waals surface area contributed by atoms with Crippen LogP contribution in [0, 0.1) is 0 Å². The van der Waals surface area contributed by atoms with Crippen LogP contribution >= 0.6 is 0 Å². The Kier molecular flexibility index (Phi) is 4.21. The molecule has 28 heavy (non-hydrogen) atoms. The van der Waals surface area contributed by atoms with Gasteiger partial charge in [0.25, 0.3) is 0 Å². The van der Waals surface area contributed by atoms with Crippen LogP contribution in [-0.2, 0) is 0 Å². The van der Waals surface area contributed by atoms with E-state index < -0.39 is 0 Å². The number of H-pyrrole nitrogens is 2. The summed E-state index contributed by atoms with van der Waals surface area (Å²) in [5.74, 6) is 1.64. The molecule has 9 nitrogen and oxygen atoms in total. The molecule has 0 spiro atoms. The standard InChI is InChI=1S/C19H21N9/c1-13(14-2-4-15(5-3-14)17-23-25-26-24-17)27-8-10-28(11-9-27)19-16-6-7-20-18(16)21-12-22-19/h2-7,12-13H,8-11H2,1H3,(H,20,21,22)(H,23,24,25,26). The largest absolute Gasteiger partial charge is 0.353 e. The smallest absolute Gasteiger partial charge is 0.204 e. The van der Waals surface area contributed by atoms with Gasteiger partial charge in [-0.3, -0.25) is 4.90 Å². The lowest BCUT2D eigenvalue weighted by Gasteiger charge is -2.38. The van der Waals surface area contributed by atoms with Gasteiger partial charge < -0.3 is 9.88 Å². The minimum atomic E-state index is 0.346. The summed E-state index contributed by atoms with van der Waals surface area (Å²) in [6.45, 7) is 6.13. The van der Waals surface area contributed by atoms with Gasteiger partial charge in [0.2, 0.25) is 5.82 Å². The van der Waals surface area contributed by atoms with E-state index in [9.17, 15) is 0 Å². The highest BCUT2D eigenvalue weighted by atomic mass is 15.5. The van der Waals surface area contributed by atoms with Gasteiger partial charge in [-0.2, -0.15) is 5.21 Å². The van der Waals surface area contributed by atoms with E-state index in [0.717, 1.165) is 48.6 Å². The molecule has 142 valence electrons. The number of nitrogens with zero attached hydrogens (tertiary/aromatic N) is 7. The number of fused-ring (bicyclic) bond motifs is 1. The zero-order chi connectivity index (χ0) is 18.9. The third kappa shape index (κ3) is 2.99. The molecule has 1 aliphatic rings. The first-order valence-corrected chi connectivity index (χ1v) is 9.40. The molecule has 2 N–H and O–H groups in total. The molecule has 0 radical (unpaired) electrons. The van der Waals surface area contributed by atoms with Crippen LogP contribution in [0.5, 0.6) is 0 Å². The van der Waals surface area contributed by atoms with E-state index in [1.54, 1.807) is 6.33 Å². The number of piperazine rings is 1. The third-order valence-electron chi connectivity index (χ3n) is 5.49. The zero-order valence-corrected chi connectivity index (χ0v) is 15.6. The Labute approximate surface area is 161 Å². The van der Waals surface area contributed by atoms with Gasteiger partial charge in [0.15, 0.2) is 0 Å². The molecule has 4 heterocycles. The molecule has 0 amide bonds. The average molecular weight is 375 g/mol. The molecule has 1 unspecified atom stereocenters. The number of aromatic nitrogens is 7. The lowest BCUT2D eigenvalue weighted by atomic mass is 10.0. The number of hydrogen-bond acceptors (Lipinski definition) is 7. The van der Waals surface area contributed by atoms with E-state index in [-0.39, 0.29) is 0 Å². The molecule has 1 saturated heterocycles. The van der Waals surface area contributed by atoms with Crippen LogP contribution in [0.15, 0.2) is 42.9 Å². The van der Waals surface area contributed by atoms with Crippen molar-refractivity contribution in [3.63, 3.8) is 0 Å². The first kappa shape index (κ1) is 16.8. The highest BCUT2D eigenvalue weighted by molar-refractivity contribution is 5.87. The van der Waals surface area contributed by atoms with Crippen LogP contribution in [0.2, 0.25) is 0 Å². The first-order valence-electron chi connectivity index (χ1n) is 9.40. The first-order chi connectivity index (χ1) is 13.8. The van der Waals surface area contributed by atoms with Crippen molar-refractivity contribution >= 4 is 16.9 Å². The third-order valence-corrected chi connectivity index (χ3v) is 5.49. The van der Waals surface area contributed by atoms with Crippen molar-refractivity contribution in [3.8, 4) is 11.4 Å². The number of benzene rings is 1. The van der Waals surface area contributed by atoms with Crippen molar-refractivity contribution in [2.24, 2.45) is 0 Å². The second kappa shape index (κ2) is 7.01. The van der Waals surface area contributed by atoms with Crippen LogP contribution in [0.25, 0.3) is 22.4 Å². The molecular formula is C19H21N9. The summed E-state index contributed by atoms with van der Waals surface area (Å²) in [7, 11) is 0. The summed E-state index contributed by atoms with van der Waals surface area (Å²) in [5.41, 5.74) is 3.15. The molecule has 3 aromatic heterocycles. The van der Waals surface area contributed by atoms with Gasteiger partial charge in [-0.05, 0) is 23.8 Å². The normalized spacial score (nSPS) is 16.5. The quantitative estimate of drug-likeness (QED) is 0.562. The number of rotatable bonds is 4. The minimum Gasteiger partial charge on any atom is -0.353 e. The second-order valence-corrected chi connectivity index (χ2v) is 6.99. The van der Waals surface area contributed by atoms with Crippen molar-refractivity contribution in [3.05, 3.63) is 48.4 Å². The summed E-state index contributed by atoms with van der Waals surface area (Å²) < 4.78 is 0. The van der Waals surface area contributed by atoms with Crippen LogP contribution in [0.1, 0.15) is 18.5 Å². The van der Waals surface area contributed by atoms with E-state index in [1.165, 1.54) is 5.56 Å². The summed E-state index contributed by atoms with van der Waals surface area (Å²) in [5, 5.41) is 15.3. The summed E-state index contributed by atoms with van der Waals surface area (Å²) in [6.07, 6.45) is 3.55.